The molecular weight excluding hydrogens is 412 g/mol. The number of tetrazole rings is 1. The molecule has 2 aliphatic rings. The lowest BCUT2D eigenvalue weighted by Crippen LogP contribution is -2.04. The first kappa shape index (κ1) is 19.9. The second-order valence-corrected chi connectivity index (χ2v) is 8.97. The lowest BCUT2D eigenvalue weighted by molar-refractivity contribution is 0.301. The number of ether oxygens (including phenoxy) is 1. The van der Waals surface area contributed by atoms with Crippen LogP contribution in [0.25, 0.3) is 11.4 Å². The number of pyridine rings is 1. The third-order valence-electron chi connectivity index (χ3n) is 6.21. The zero-order valence-electron chi connectivity index (χ0n) is 18.4. The lowest BCUT2D eigenvalue weighted by Gasteiger charge is -2.15. The first-order valence-electron chi connectivity index (χ1n) is 11.6. The van der Waals surface area contributed by atoms with Crippen molar-refractivity contribution in [2.45, 2.75) is 44.8 Å². The smallest absolute Gasteiger partial charge is 0.182 e. The van der Waals surface area contributed by atoms with Gasteiger partial charge in [-0.3, -0.25) is 4.98 Å². The predicted octanol–water partition coefficient (Wildman–Crippen LogP) is 5.35. The average molecular weight is 439 g/mol. The van der Waals surface area contributed by atoms with Gasteiger partial charge in [0.2, 0.25) is 0 Å². The topological polar surface area (TPSA) is 77.8 Å². The molecule has 0 radical (unpaired) electrons. The fourth-order valence-corrected chi connectivity index (χ4v) is 4.09. The number of hydrogen-bond acceptors (Lipinski definition) is 6. The number of benzene rings is 2. The van der Waals surface area contributed by atoms with Gasteiger partial charge >= 0.3 is 0 Å². The first-order chi connectivity index (χ1) is 16.3. The molecule has 0 bridgehead atoms. The SMILES string of the molecule is c1ccc(COc2ccc(Nc3cccc(-c4nnnn4CC4CC4)c3)c(C3CC3)c2)nc1. The normalized spacial score (nSPS) is 15.4. The molecule has 2 aliphatic carbocycles. The van der Waals surface area contributed by atoms with Crippen LogP contribution in [0.2, 0.25) is 0 Å². The van der Waals surface area contributed by atoms with E-state index in [4.69, 9.17) is 4.74 Å². The van der Waals surface area contributed by atoms with Gasteiger partial charge in [-0.25, -0.2) is 4.68 Å². The molecule has 2 aromatic carbocycles. The van der Waals surface area contributed by atoms with E-state index < -0.39 is 0 Å². The third-order valence-corrected chi connectivity index (χ3v) is 6.21. The molecule has 0 amide bonds. The Labute approximate surface area is 192 Å². The monoisotopic (exact) mass is 438 g/mol. The number of rotatable bonds is 9. The summed E-state index contributed by atoms with van der Waals surface area (Å²) in [6.07, 6.45) is 6.77. The van der Waals surface area contributed by atoms with E-state index in [1.54, 1.807) is 6.20 Å². The van der Waals surface area contributed by atoms with Crippen LogP contribution in [-0.2, 0) is 13.2 Å². The van der Waals surface area contributed by atoms with E-state index in [2.05, 4.69) is 62.2 Å². The summed E-state index contributed by atoms with van der Waals surface area (Å²) in [6, 6.07) is 20.5. The largest absolute Gasteiger partial charge is 0.487 e. The first-order valence-corrected chi connectivity index (χ1v) is 11.6. The van der Waals surface area contributed by atoms with Gasteiger partial charge in [-0.15, -0.1) is 5.10 Å². The lowest BCUT2D eigenvalue weighted by atomic mass is 10.1. The molecule has 7 heteroatoms. The number of nitrogens with one attached hydrogen (secondary N) is 1. The molecule has 0 spiro atoms. The van der Waals surface area contributed by atoms with Crippen molar-refractivity contribution >= 4 is 11.4 Å². The summed E-state index contributed by atoms with van der Waals surface area (Å²) in [5, 5.41) is 16.0. The van der Waals surface area contributed by atoms with Crippen molar-refractivity contribution in [2.75, 3.05) is 5.32 Å². The Kier molecular flexibility index (Phi) is 5.22. The van der Waals surface area contributed by atoms with Crippen molar-refractivity contribution in [3.05, 3.63) is 78.1 Å². The Morgan fingerprint density at radius 1 is 0.970 bits per heavy atom. The highest BCUT2D eigenvalue weighted by Gasteiger charge is 2.27. The van der Waals surface area contributed by atoms with Crippen LogP contribution in [0.1, 0.15) is 42.9 Å². The van der Waals surface area contributed by atoms with Crippen LogP contribution in [-0.4, -0.2) is 25.2 Å². The van der Waals surface area contributed by atoms with Crippen molar-refractivity contribution in [3.8, 4) is 17.1 Å². The molecule has 2 saturated carbocycles. The molecule has 2 heterocycles. The number of aromatic nitrogens is 5. The summed E-state index contributed by atoms with van der Waals surface area (Å²) < 4.78 is 7.95. The second kappa shape index (κ2) is 8.65. The standard InChI is InChI=1S/C26H26N6O/c1-2-13-27-22(5-1)17-33-23-11-12-25(24(15-23)19-9-10-19)28-21-6-3-4-20(14-21)26-29-30-31-32(26)16-18-7-8-18/h1-6,11-15,18-19,28H,7-10,16-17H2. The minimum atomic E-state index is 0.468. The van der Waals surface area contributed by atoms with Gasteiger partial charge in [0.15, 0.2) is 5.82 Å². The molecule has 0 atom stereocenters. The van der Waals surface area contributed by atoms with Crippen LogP contribution in [0, 0.1) is 5.92 Å². The Hall–Kier alpha value is -3.74. The van der Waals surface area contributed by atoms with Gasteiger partial charge in [-0.05, 0) is 96.0 Å². The molecule has 33 heavy (non-hydrogen) atoms. The molecule has 2 fully saturated rings. The Balaban J connectivity index is 1.21. The Morgan fingerprint density at radius 3 is 2.73 bits per heavy atom. The highest BCUT2D eigenvalue weighted by atomic mass is 16.5. The maximum Gasteiger partial charge on any atom is 0.182 e. The fourth-order valence-electron chi connectivity index (χ4n) is 4.09. The second-order valence-electron chi connectivity index (χ2n) is 8.97. The van der Waals surface area contributed by atoms with Crippen LogP contribution in [0.3, 0.4) is 0 Å². The van der Waals surface area contributed by atoms with E-state index in [1.165, 1.54) is 31.2 Å². The van der Waals surface area contributed by atoms with Crippen LogP contribution >= 0.6 is 0 Å². The van der Waals surface area contributed by atoms with Gasteiger partial charge in [-0.1, -0.05) is 18.2 Å². The summed E-state index contributed by atoms with van der Waals surface area (Å²) >= 11 is 0. The van der Waals surface area contributed by atoms with Gasteiger partial charge < -0.3 is 10.1 Å². The van der Waals surface area contributed by atoms with Crippen LogP contribution in [0.4, 0.5) is 11.4 Å². The minimum Gasteiger partial charge on any atom is -0.487 e. The summed E-state index contributed by atoms with van der Waals surface area (Å²) in [7, 11) is 0. The van der Waals surface area contributed by atoms with Crippen LogP contribution in [0.5, 0.6) is 5.75 Å². The average Bonchev–Trinajstić information content (AvgIpc) is 3.78. The number of hydrogen-bond donors (Lipinski definition) is 1. The quantitative estimate of drug-likeness (QED) is 0.380. The van der Waals surface area contributed by atoms with Crippen molar-refractivity contribution < 1.29 is 4.74 Å². The Bertz CT molecular complexity index is 1250. The summed E-state index contributed by atoms with van der Waals surface area (Å²) in [5.74, 6) is 3.00. The molecule has 1 N–H and O–H groups in total. The molecule has 0 unspecified atom stereocenters. The van der Waals surface area contributed by atoms with Gasteiger partial charge in [0.25, 0.3) is 0 Å². The van der Waals surface area contributed by atoms with Crippen LogP contribution in [0.15, 0.2) is 66.9 Å². The van der Waals surface area contributed by atoms with E-state index >= 15 is 0 Å². The molecule has 166 valence electrons. The fraction of sp³-hybridized carbons (Fsp3) is 0.308. The van der Waals surface area contributed by atoms with E-state index in [9.17, 15) is 0 Å². The number of nitrogens with zero attached hydrogens (tertiary/aromatic N) is 5. The summed E-state index contributed by atoms with van der Waals surface area (Å²) in [5.41, 5.74) is 5.40. The minimum absolute atomic E-state index is 0.468. The van der Waals surface area contributed by atoms with E-state index in [-0.39, 0.29) is 0 Å². The highest BCUT2D eigenvalue weighted by Crippen LogP contribution is 2.45. The van der Waals surface area contributed by atoms with Crippen molar-refractivity contribution in [3.63, 3.8) is 0 Å². The number of anilines is 2. The summed E-state index contributed by atoms with van der Waals surface area (Å²) in [6.45, 7) is 1.36. The zero-order valence-corrected chi connectivity index (χ0v) is 18.4. The molecule has 4 aromatic rings. The molecular formula is C26H26N6O. The van der Waals surface area contributed by atoms with Crippen molar-refractivity contribution in [1.29, 1.82) is 0 Å². The third kappa shape index (κ3) is 4.72. The maximum atomic E-state index is 6.02. The van der Waals surface area contributed by atoms with Gasteiger partial charge in [0.05, 0.1) is 5.69 Å². The maximum absolute atomic E-state index is 6.02. The zero-order chi connectivity index (χ0) is 22.0. The van der Waals surface area contributed by atoms with Gasteiger partial charge in [-0.2, -0.15) is 0 Å². The molecule has 7 nitrogen and oxygen atoms in total. The van der Waals surface area contributed by atoms with E-state index in [1.807, 2.05) is 28.9 Å². The Morgan fingerprint density at radius 2 is 1.91 bits per heavy atom. The van der Waals surface area contributed by atoms with Gasteiger partial charge in [0.1, 0.15) is 12.4 Å². The van der Waals surface area contributed by atoms with Crippen LogP contribution < -0.4 is 10.1 Å². The molecule has 6 rings (SSSR count). The van der Waals surface area contributed by atoms with Crippen molar-refractivity contribution in [1.82, 2.24) is 25.2 Å². The van der Waals surface area contributed by atoms with E-state index in [0.717, 1.165) is 40.8 Å². The van der Waals surface area contributed by atoms with Gasteiger partial charge in [0, 0.05) is 29.7 Å². The molecule has 0 aliphatic heterocycles. The van der Waals surface area contributed by atoms with E-state index in [0.29, 0.717) is 18.4 Å². The molecule has 2 aromatic heterocycles. The highest BCUT2D eigenvalue weighted by molar-refractivity contribution is 5.70. The molecule has 0 saturated heterocycles. The predicted molar refractivity (Wildman–Crippen MR) is 126 cm³/mol. The van der Waals surface area contributed by atoms with Crippen molar-refractivity contribution in [2.24, 2.45) is 5.92 Å². The summed E-state index contributed by atoms with van der Waals surface area (Å²) in [4.78, 5) is 4.34.